The van der Waals surface area contributed by atoms with Gasteiger partial charge in [0.1, 0.15) is 5.82 Å². The van der Waals surface area contributed by atoms with Crippen molar-refractivity contribution in [2.75, 3.05) is 19.6 Å². The Morgan fingerprint density at radius 2 is 1.88 bits per heavy atom. The van der Waals surface area contributed by atoms with Gasteiger partial charge >= 0.3 is 0 Å². The lowest BCUT2D eigenvalue weighted by atomic mass is 9.96. The number of nitrogens with zero attached hydrogens (tertiary/aromatic N) is 3. The van der Waals surface area contributed by atoms with Gasteiger partial charge in [-0.3, -0.25) is 4.79 Å². The number of piperidine rings is 1. The molecule has 0 aromatic carbocycles. The minimum atomic E-state index is 0.244. The monoisotopic (exact) mass is 332 g/mol. The summed E-state index contributed by atoms with van der Waals surface area (Å²) in [4.78, 5) is 19.1. The van der Waals surface area contributed by atoms with Crippen LogP contribution in [0.3, 0.4) is 0 Å². The number of imidazole rings is 1. The van der Waals surface area contributed by atoms with Gasteiger partial charge in [0, 0.05) is 44.4 Å². The molecular weight excluding hydrogens is 300 g/mol. The third kappa shape index (κ3) is 4.82. The molecule has 24 heavy (non-hydrogen) atoms. The van der Waals surface area contributed by atoms with Gasteiger partial charge < -0.3 is 14.8 Å². The molecule has 1 saturated heterocycles. The number of amides is 1. The molecule has 1 aliphatic carbocycles. The Bertz CT molecular complexity index is 511. The molecule has 0 atom stereocenters. The molecular formula is C19H32N4O. The van der Waals surface area contributed by atoms with Crippen LogP contribution in [0.4, 0.5) is 0 Å². The maximum atomic E-state index is 12.2. The van der Waals surface area contributed by atoms with Crippen molar-refractivity contribution < 1.29 is 4.79 Å². The van der Waals surface area contributed by atoms with Crippen molar-refractivity contribution in [3.63, 3.8) is 0 Å². The summed E-state index contributed by atoms with van der Waals surface area (Å²) in [5, 5.41) is 3.26. The summed E-state index contributed by atoms with van der Waals surface area (Å²) in [5.41, 5.74) is 0. The van der Waals surface area contributed by atoms with E-state index in [4.69, 9.17) is 0 Å². The Kier molecular flexibility index (Phi) is 6.30. The molecule has 1 aliphatic heterocycles. The molecule has 0 radical (unpaired) electrons. The lowest BCUT2D eigenvalue weighted by molar-refractivity contribution is -0.122. The number of nitrogens with one attached hydrogen (secondary N) is 1. The van der Waals surface area contributed by atoms with E-state index in [0.29, 0.717) is 18.4 Å². The number of likely N-dealkylation sites (tertiary alicyclic amines) is 1. The molecule has 1 N–H and O–H groups in total. The summed E-state index contributed by atoms with van der Waals surface area (Å²) in [6, 6.07) is 0.425. The van der Waals surface area contributed by atoms with Gasteiger partial charge in [0.05, 0.1) is 0 Å². The molecule has 134 valence electrons. The zero-order chi connectivity index (χ0) is 16.8. The predicted molar refractivity (Wildman–Crippen MR) is 95.9 cm³/mol. The summed E-state index contributed by atoms with van der Waals surface area (Å²) in [5.74, 6) is 2.02. The molecule has 0 spiro atoms. The fourth-order valence-corrected chi connectivity index (χ4v) is 4.17. The normalized spacial score (nSPS) is 21.5. The second-order valence-corrected chi connectivity index (χ2v) is 7.52. The van der Waals surface area contributed by atoms with Crippen LogP contribution in [0.15, 0.2) is 12.4 Å². The largest absolute Gasteiger partial charge is 0.353 e. The Balaban J connectivity index is 1.35. The van der Waals surface area contributed by atoms with Crippen LogP contribution >= 0.6 is 0 Å². The number of carbonyl (C=O) groups excluding carboxylic acids is 1. The summed E-state index contributed by atoms with van der Waals surface area (Å²) >= 11 is 0. The van der Waals surface area contributed by atoms with Gasteiger partial charge in [-0.1, -0.05) is 25.7 Å². The molecule has 3 rings (SSSR count). The van der Waals surface area contributed by atoms with Crippen molar-refractivity contribution in [1.82, 2.24) is 19.8 Å². The smallest absolute Gasteiger partial charge is 0.221 e. The van der Waals surface area contributed by atoms with Crippen molar-refractivity contribution in [2.24, 2.45) is 7.05 Å². The van der Waals surface area contributed by atoms with E-state index in [1.807, 2.05) is 12.4 Å². The van der Waals surface area contributed by atoms with Gasteiger partial charge in [-0.2, -0.15) is 0 Å². The van der Waals surface area contributed by atoms with Crippen molar-refractivity contribution in [2.45, 2.75) is 69.7 Å². The van der Waals surface area contributed by atoms with Gasteiger partial charge in [-0.15, -0.1) is 0 Å². The van der Waals surface area contributed by atoms with Crippen LogP contribution in [0.2, 0.25) is 0 Å². The molecule has 2 fully saturated rings. The summed E-state index contributed by atoms with van der Waals surface area (Å²) in [6.45, 7) is 3.05. The molecule has 0 unspecified atom stereocenters. The topological polar surface area (TPSA) is 50.2 Å². The van der Waals surface area contributed by atoms with Gasteiger partial charge in [0.2, 0.25) is 5.91 Å². The van der Waals surface area contributed by atoms with Crippen LogP contribution < -0.4 is 5.32 Å². The number of hydrogen-bond donors (Lipinski definition) is 1. The lowest BCUT2D eigenvalue weighted by Crippen LogP contribution is -2.39. The number of carbonyl (C=O) groups is 1. The van der Waals surface area contributed by atoms with Crippen LogP contribution in [-0.2, 0) is 11.8 Å². The van der Waals surface area contributed by atoms with E-state index < -0.39 is 0 Å². The fourth-order valence-electron chi connectivity index (χ4n) is 4.17. The quantitative estimate of drug-likeness (QED) is 0.844. The zero-order valence-electron chi connectivity index (χ0n) is 15.0. The van der Waals surface area contributed by atoms with Crippen molar-refractivity contribution in [1.29, 1.82) is 0 Å². The molecule has 5 heteroatoms. The fraction of sp³-hybridized carbons (Fsp3) is 0.789. The highest BCUT2D eigenvalue weighted by atomic mass is 16.1. The van der Waals surface area contributed by atoms with E-state index in [-0.39, 0.29) is 5.91 Å². The predicted octanol–water partition coefficient (Wildman–Crippen LogP) is 2.83. The minimum Gasteiger partial charge on any atom is -0.353 e. The third-order valence-electron chi connectivity index (χ3n) is 5.69. The summed E-state index contributed by atoms with van der Waals surface area (Å²) in [7, 11) is 2.08. The highest BCUT2D eigenvalue weighted by molar-refractivity contribution is 5.76. The first-order chi connectivity index (χ1) is 11.7. The molecule has 1 amide bonds. The minimum absolute atomic E-state index is 0.244. The van der Waals surface area contributed by atoms with E-state index in [1.165, 1.54) is 44.3 Å². The average molecular weight is 332 g/mol. The Morgan fingerprint density at radius 1 is 1.17 bits per heavy atom. The Morgan fingerprint density at radius 3 is 2.50 bits per heavy atom. The van der Waals surface area contributed by atoms with E-state index in [0.717, 1.165) is 32.5 Å². The second kappa shape index (κ2) is 8.65. The molecule has 5 nitrogen and oxygen atoms in total. The third-order valence-corrected chi connectivity index (χ3v) is 5.69. The molecule has 1 aromatic heterocycles. The first-order valence-corrected chi connectivity index (χ1v) is 9.71. The number of aromatic nitrogens is 2. The van der Waals surface area contributed by atoms with E-state index in [1.54, 1.807) is 0 Å². The van der Waals surface area contributed by atoms with E-state index in [2.05, 4.69) is 26.8 Å². The number of rotatable bonds is 5. The SMILES string of the molecule is Cn1ccnc1C1CCN(CCC(=O)NC2CCCCCC2)CC1. The van der Waals surface area contributed by atoms with Gasteiger partial charge in [-0.05, 0) is 38.8 Å². The average Bonchev–Trinajstić information content (AvgIpc) is 2.86. The van der Waals surface area contributed by atoms with E-state index in [9.17, 15) is 4.79 Å². The maximum absolute atomic E-state index is 12.2. The highest BCUT2D eigenvalue weighted by Gasteiger charge is 2.23. The summed E-state index contributed by atoms with van der Waals surface area (Å²) in [6.07, 6.45) is 14.4. The lowest BCUT2D eigenvalue weighted by Gasteiger charge is -2.31. The van der Waals surface area contributed by atoms with Crippen molar-refractivity contribution >= 4 is 5.91 Å². The van der Waals surface area contributed by atoms with E-state index >= 15 is 0 Å². The summed E-state index contributed by atoms with van der Waals surface area (Å²) < 4.78 is 2.14. The van der Waals surface area contributed by atoms with Crippen molar-refractivity contribution in [3.8, 4) is 0 Å². The molecule has 1 aromatic rings. The molecule has 1 saturated carbocycles. The first kappa shape index (κ1) is 17.5. The van der Waals surface area contributed by atoms with Crippen molar-refractivity contribution in [3.05, 3.63) is 18.2 Å². The molecule has 2 aliphatic rings. The Labute approximate surface area is 145 Å². The standard InChI is InChI=1S/C19H32N4O/c1-22-15-11-20-19(22)16-8-12-23(13-9-16)14-10-18(24)21-17-6-4-2-3-5-7-17/h11,15-17H,2-10,12-14H2,1H3,(H,21,24). The van der Waals surface area contributed by atoms with Crippen LogP contribution in [-0.4, -0.2) is 46.0 Å². The first-order valence-electron chi connectivity index (χ1n) is 9.71. The van der Waals surface area contributed by atoms with Gasteiger partial charge in [0.15, 0.2) is 0 Å². The molecule has 0 bridgehead atoms. The van der Waals surface area contributed by atoms with Gasteiger partial charge in [0.25, 0.3) is 0 Å². The second-order valence-electron chi connectivity index (χ2n) is 7.52. The molecule has 2 heterocycles. The van der Waals surface area contributed by atoms with Crippen LogP contribution in [0.5, 0.6) is 0 Å². The number of hydrogen-bond acceptors (Lipinski definition) is 3. The zero-order valence-corrected chi connectivity index (χ0v) is 15.0. The highest BCUT2D eigenvalue weighted by Crippen LogP contribution is 2.26. The van der Waals surface area contributed by atoms with Crippen LogP contribution in [0.1, 0.15) is 69.5 Å². The van der Waals surface area contributed by atoms with Gasteiger partial charge in [-0.25, -0.2) is 4.98 Å². The van der Waals surface area contributed by atoms with Crippen LogP contribution in [0.25, 0.3) is 0 Å². The maximum Gasteiger partial charge on any atom is 0.221 e. The Hall–Kier alpha value is -1.36. The van der Waals surface area contributed by atoms with Crippen LogP contribution in [0, 0.1) is 0 Å². The number of aryl methyl sites for hydroxylation is 1.